The largest absolute Gasteiger partial charge is 0.492 e. The van der Waals surface area contributed by atoms with Crippen molar-refractivity contribution in [2.45, 2.75) is 97.8 Å². The van der Waals surface area contributed by atoms with Gasteiger partial charge in [-0.1, -0.05) is 35.8 Å². The lowest BCUT2D eigenvalue weighted by molar-refractivity contribution is -0.123. The van der Waals surface area contributed by atoms with Gasteiger partial charge in [0.15, 0.2) is 12.4 Å². The molecule has 0 aliphatic heterocycles. The van der Waals surface area contributed by atoms with Crippen LogP contribution in [0.25, 0.3) is 22.3 Å². The Morgan fingerprint density at radius 2 is 1.33 bits per heavy atom. The number of halogens is 1. The number of furan rings is 1. The Hall–Kier alpha value is -4.69. The first-order valence-corrected chi connectivity index (χ1v) is 21.4. The van der Waals surface area contributed by atoms with Crippen molar-refractivity contribution in [1.29, 1.82) is 0 Å². The second kappa shape index (κ2) is 22.8. The van der Waals surface area contributed by atoms with Gasteiger partial charge in [-0.2, -0.15) is 9.81 Å². The Morgan fingerprint density at radius 3 is 1.90 bits per heavy atom. The number of ketones is 1. The van der Waals surface area contributed by atoms with Crippen molar-refractivity contribution in [2.75, 3.05) is 52.5 Å². The fourth-order valence-electron chi connectivity index (χ4n) is 6.68. The van der Waals surface area contributed by atoms with Gasteiger partial charge >= 0.3 is 0 Å². The van der Waals surface area contributed by atoms with E-state index < -0.39 is 23.2 Å². The van der Waals surface area contributed by atoms with Crippen molar-refractivity contribution < 1.29 is 23.5 Å². The highest BCUT2D eigenvalue weighted by atomic mass is 35.5. The molecule has 2 atom stereocenters. The zero-order chi connectivity index (χ0) is 43.9. The molecule has 0 aliphatic rings. The quantitative estimate of drug-likeness (QED) is 0.0390. The summed E-state index contributed by atoms with van der Waals surface area (Å²) in [7, 11) is 0. The van der Waals surface area contributed by atoms with Gasteiger partial charge in [0.05, 0.1) is 5.56 Å². The maximum absolute atomic E-state index is 14.1. The Balaban J connectivity index is 1.35. The summed E-state index contributed by atoms with van der Waals surface area (Å²) in [6.07, 6.45) is 2.36. The predicted octanol–water partition coefficient (Wildman–Crippen LogP) is 9.03. The van der Waals surface area contributed by atoms with Gasteiger partial charge in [0, 0.05) is 45.7 Å². The van der Waals surface area contributed by atoms with Crippen molar-refractivity contribution in [3.63, 3.8) is 0 Å². The Labute approximate surface area is 359 Å². The Kier molecular flexibility index (Phi) is 18.2. The first-order valence-electron chi connectivity index (χ1n) is 21.0. The first-order chi connectivity index (χ1) is 28.6. The highest BCUT2D eigenvalue weighted by Crippen LogP contribution is 2.37. The zero-order valence-electron chi connectivity index (χ0n) is 36.4. The van der Waals surface area contributed by atoms with Crippen LogP contribution in [0.3, 0.4) is 0 Å². The summed E-state index contributed by atoms with van der Waals surface area (Å²) in [5, 5.41) is 17.3. The molecule has 13 nitrogen and oxygen atoms in total. The Bertz CT molecular complexity index is 1960. The van der Waals surface area contributed by atoms with Crippen LogP contribution < -0.4 is 25.4 Å². The van der Waals surface area contributed by atoms with Crippen molar-refractivity contribution in [3.8, 4) is 22.8 Å². The molecule has 2 unspecified atom stereocenters. The van der Waals surface area contributed by atoms with Crippen molar-refractivity contribution in [2.24, 2.45) is 16.3 Å². The summed E-state index contributed by atoms with van der Waals surface area (Å²) in [5.41, 5.74) is 1.18. The lowest BCUT2D eigenvalue weighted by Gasteiger charge is -2.31. The van der Waals surface area contributed by atoms with Crippen LogP contribution in [-0.4, -0.2) is 92.2 Å². The maximum Gasteiger partial charge on any atom is 0.257 e. The van der Waals surface area contributed by atoms with E-state index in [1.807, 2.05) is 52.0 Å². The molecule has 0 radical (unpaired) electrons. The van der Waals surface area contributed by atoms with Crippen LogP contribution in [0.2, 0.25) is 5.02 Å². The summed E-state index contributed by atoms with van der Waals surface area (Å²) in [4.78, 5) is 51.6. The highest BCUT2D eigenvalue weighted by molar-refractivity contribution is 6.32. The van der Waals surface area contributed by atoms with Gasteiger partial charge < -0.3 is 34.7 Å². The molecule has 0 saturated heterocycles. The molecule has 3 aromatic carbocycles. The molecular weight excluding hydrogens is 784 g/mol. The van der Waals surface area contributed by atoms with Crippen molar-refractivity contribution in [3.05, 3.63) is 92.7 Å². The van der Waals surface area contributed by atoms with Crippen LogP contribution in [0.1, 0.15) is 90.6 Å². The monoisotopic (exact) mass is 846 g/mol. The average Bonchev–Trinajstić information content (AvgIpc) is 3.62. The average molecular weight is 847 g/mol. The number of rotatable bonds is 27. The van der Waals surface area contributed by atoms with Crippen LogP contribution >= 0.6 is 11.6 Å². The van der Waals surface area contributed by atoms with Crippen LogP contribution in [-0.2, 0) is 4.79 Å². The number of amides is 1. The van der Waals surface area contributed by atoms with E-state index in [1.165, 1.54) is 0 Å². The van der Waals surface area contributed by atoms with Crippen LogP contribution in [0.4, 0.5) is 0 Å². The minimum atomic E-state index is -0.451. The number of nitroso groups, excluding NO2 is 2. The van der Waals surface area contributed by atoms with Gasteiger partial charge in [-0.15, -0.1) is 0 Å². The molecule has 0 spiro atoms. The van der Waals surface area contributed by atoms with Crippen LogP contribution in [0, 0.1) is 15.7 Å². The molecule has 1 heterocycles. The van der Waals surface area contributed by atoms with Crippen molar-refractivity contribution in [1.82, 2.24) is 20.9 Å². The zero-order valence-corrected chi connectivity index (χ0v) is 37.2. The summed E-state index contributed by atoms with van der Waals surface area (Å²) >= 11 is 6.38. The van der Waals surface area contributed by atoms with E-state index in [1.54, 1.807) is 56.3 Å². The topological polar surface area (TPSA) is 164 Å². The fourth-order valence-corrected chi connectivity index (χ4v) is 6.86. The first kappa shape index (κ1) is 48.0. The van der Waals surface area contributed by atoms with Gasteiger partial charge in [0.1, 0.15) is 41.5 Å². The molecule has 60 heavy (non-hydrogen) atoms. The third-order valence-electron chi connectivity index (χ3n) is 11.6. The van der Waals surface area contributed by atoms with E-state index in [0.29, 0.717) is 64.9 Å². The number of benzene rings is 3. The molecule has 3 N–H and O–H groups in total. The van der Waals surface area contributed by atoms with E-state index >= 15 is 0 Å². The number of hydrogen-bond donors (Lipinski definition) is 3. The molecule has 0 bridgehead atoms. The summed E-state index contributed by atoms with van der Waals surface area (Å²) in [6, 6.07) is 18.6. The third-order valence-corrected chi connectivity index (χ3v) is 11.8. The third kappa shape index (κ3) is 13.7. The number of likely N-dealkylation sites (N-methyl/N-ethyl adjacent to an activating group) is 1. The summed E-state index contributed by atoms with van der Waals surface area (Å²) < 4.78 is 18.0. The van der Waals surface area contributed by atoms with Gasteiger partial charge in [0.2, 0.25) is 0 Å². The molecule has 326 valence electrons. The van der Waals surface area contributed by atoms with Gasteiger partial charge in [-0.25, -0.2) is 0 Å². The number of hydrogen-bond acceptors (Lipinski definition) is 12. The van der Waals surface area contributed by atoms with Gasteiger partial charge in [-0.3, -0.25) is 9.59 Å². The second-order valence-corrected chi connectivity index (χ2v) is 16.9. The molecule has 0 aliphatic carbocycles. The van der Waals surface area contributed by atoms with Crippen LogP contribution in [0.15, 0.2) is 81.5 Å². The molecule has 1 aromatic heterocycles. The number of nitrogens with one attached hydrogen (secondary N) is 3. The summed E-state index contributed by atoms with van der Waals surface area (Å²) in [5.74, 6) is 1.33. The number of carbonyl (C=O) groups is 2. The molecule has 4 aromatic rings. The lowest BCUT2D eigenvalue weighted by atomic mass is 9.92. The molecule has 0 saturated carbocycles. The molecule has 4 rings (SSSR count). The van der Waals surface area contributed by atoms with Crippen molar-refractivity contribution >= 4 is 34.3 Å². The minimum absolute atomic E-state index is 0.194. The minimum Gasteiger partial charge on any atom is -0.492 e. The predicted molar refractivity (Wildman–Crippen MR) is 240 cm³/mol. The number of ether oxygens (including phenoxy) is 2. The molecule has 1 amide bonds. The lowest BCUT2D eigenvalue weighted by Crippen LogP contribution is -2.48. The van der Waals surface area contributed by atoms with E-state index in [9.17, 15) is 19.4 Å². The number of fused-ring (bicyclic) bond motifs is 1. The SMILES string of the molecule is CCN(CC)CCOc1ccc(-c2oc3ccc(Cl)cc3c2C(=O)c2ccc(OCC(=O)NCCC(CCNC(C)(C)C(C)N=O)CCNC(C)(C)C(C)N=O)cc2)cc1. The standard InChI is InChI=1S/C46H63ClN6O7/c1-9-53(10-2)27-28-58-37-18-13-35(14-19-37)44-42(39-29-36(47)15-20-40(39)60-44)43(55)34-11-16-38(17-12-34)59-30-41(54)48-24-21-33(22-25-49-45(5,6)31(3)51-56)23-26-50-46(7,8)32(4)52-57/h11-20,29,31-33,49-50H,9-10,21-28,30H2,1-8H3,(H,48,54). The number of carbonyl (C=O) groups excluding carboxylic acids is 2. The van der Waals surface area contributed by atoms with Gasteiger partial charge in [-0.05, 0) is 160 Å². The number of nitrogens with zero attached hydrogens (tertiary/aromatic N) is 3. The highest BCUT2D eigenvalue weighted by Gasteiger charge is 2.28. The molecular formula is C46H63ClN6O7. The van der Waals surface area contributed by atoms with Crippen LogP contribution in [0.5, 0.6) is 11.5 Å². The maximum atomic E-state index is 14.1. The van der Waals surface area contributed by atoms with E-state index in [4.69, 9.17) is 25.5 Å². The second-order valence-electron chi connectivity index (χ2n) is 16.4. The van der Waals surface area contributed by atoms with E-state index in [2.05, 4.69) is 45.1 Å². The normalized spacial score (nSPS) is 13.5. The van der Waals surface area contributed by atoms with E-state index in [0.717, 1.165) is 50.2 Å². The smallest absolute Gasteiger partial charge is 0.257 e. The molecule has 14 heteroatoms. The fraction of sp³-hybridized carbons (Fsp3) is 0.522. The summed E-state index contributed by atoms with van der Waals surface area (Å²) in [6.45, 7) is 20.6. The van der Waals surface area contributed by atoms with Gasteiger partial charge in [0.25, 0.3) is 5.91 Å². The van der Waals surface area contributed by atoms with E-state index in [-0.39, 0.29) is 24.2 Å². The Morgan fingerprint density at radius 1 is 0.783 bits per heavy atom. The molecule has 0 fully saturated rings.